The molecule has 1 saturated carbocycles. The second kappa shape index (κ2) is 10.2. The van der Waals surface area contributed by atoms with Crippen molar-refractivity contribution < 1.29 is 5.11 Å². The molecule has 1 aliphatic carbocycles. The summed E-state index contributed by atoms with van der Waals surface area (Å²) < 4.78 is 0. The molecule has 0 spiro atoms. The minimum atomic E-state index is -0.0969. The lowest BCUT2D eigenvalue weighted by Gasteiger charge is -2.39. The highest BCUT2D eigenvalue weighted by Gasteiger charge is 2.28. The first-order valence-electron chi connectivity index (χ1n) is 13.0. The van der Waals surface area contributed by atoms with Crippen molar-refractivity contribution in [3.05, 3.63) is 100 Å². The van der Waals surface area contributed by atoms with Gasteiger partial charge in [0.05, 0.1) is 23.0 Å². The summed E-state index contributed by atoms with van der Waals surface area (Å²) in [5.74, 6) is 0.795. The summed E-state index contributed by atoms with van der Waals surface area (Å²) in [5.41, 5.74) is 8.64. The summed E-state index contributed by atoms with van der Waals surface area (Å²) in [7, 11) is 0. The summed E-state index contributed by atoms with van der Waals surface area (Å²) in [6.07, 6.45) is 7.86. The van der Waals surface area contributed by atoms with E-state index < -0.39 is 0 Å². The summed E-state index contributed by atoms with van der Waals surface area (Å²) in [5, 5.41) is 10.6. The highest BCUT2D eigenvalue weighted by atomic mass is 35.5. The van der Waals surface area contributed by atoms with Gasteiger partial charge in [0.1, 0.15) is 5.82 Å². The number of aliphatic hydroxyl groups is 1. The van der Waals surface area contributed by atoms with E-state index in [0.29, 0.717) is 11.1 Å². The number of imidazole rings is 1. The molecule has 36 heavy (non-hydrogen) atoms. The van der Waals surface area contributed by atoms with Crippen LogP contribution in [0.3, 0.4) is 0 Å². The van der Waals surface area contributed by atoms with Crippen LogP contribution in [0.2, 0.25) is 5.02 Å². The Bertz CT molecular complexity index is 1340. The number of nitrogens with one attached hydrogen (secondary N) is 1. The van der Waals surface area contributed by atoms with Gasteiger partial charge in [0, 0.05) is 24.7 Å². The van der Waals surface area contributed by atoms with Crippen LogP contribution in [0.5, 0.6) is 0 Å². The topological polar surface area (TPSA) is 52.1 Å². The van der Waals surface area contributed by atoms with Crippen LogP contribution >= 0.6 is 11.6 Å². The Morgan fingerprint density at radius 2 is 1.81 bits per heavy atom. The number of aromatic amines is 1. The largest absolute Gasteiger partial charge is 0.393 e. The Morgan fingerprint density at radius 3 is 2.64 bits per heavy atom. The lowest BCUT2D eigenvalue weighted by atomic mass is 9.87. The van der Waals surface area contributed by atoms with Crippen molar-refractivity contribution in [3.8, 4) is 22.6 Å². The van der Waals surface area contributed by atoms with Crippen LogP contribution in [-0.2, 0) is 19.4 Å². The zero-order valence-corrected chi connectivity index (χ0v) is 21.2. The van der Waals surface area contributed by atoms with Crippen molar-refractivity contribution in [1.82, 2.24) is 14.9 Å². The standard InChI is InChI=1S/C31H32ClN3O/c32-29-14-9-21(18-28(29)31-33-19-30(34-31)22-5-2-1-3-6-22)17-23-7-4-8-24-20-35(16-15-27(23)24)25-10-12-26(36)13-11-25/h1-9,14,18-19,25-26,36H,10-13,15-17,20H2,(H,33,34). The fraction of sp³-hybridized carbons (Fsp3) is 0.323. The predicted octanol–water partition coefficient (Wildman–Crippen LogP) is 6.65. The third-order valence-corrected chi connectivity index (χ3v) is 8.25. The average Bonchev–Trinajstić information content (AvgIpc) is 3.41. The first-order valence-corrected chi connectivity index (χ1v) is 13.4. The van der Waals surface area contributed by atoms with Gasteiger partial charge >= 0.3 is 0 Å². The Labute approximate surface area is 218 Å². The number of H-pyrrole nitrogens is 1. The van der Waals surface area contributed by atoms with E-state index in [2.05, 4.69) is 57.3 Å². The normalized spacial score (nSPS) is 20.3. The van der Waals surface area contributed by atoms with Gasteiger partial charge in [-0.2, -0.15) is 0 Å². The van der Waals surface area contributed by atoms with Crippen molar-refractivity contribution in [2.75, 3.05) is 6.54 Å². The fourth-order valence-electron chi connectivity index (χ4n) is 5.92. The first kappa shape index (κ1) is 23.5. The van der Waals surface area contributed by atoms with Crippen LogP contribution in [-0.4, -0.2) is 38.7 Å². The van der Waals surface area contributed by atoms with E-state index in [1.807, 2.05) is 30.5 Å². The van der Waals surface area contributed by atoms with E-state index in [9.17, 15) is 5.11 Å². The second-order valence-corrected chi connectivity index (χ2v) is 10.6. The number of nitrogens with zero attached hydrogens (tertiary/aromatic N) is 2. The molecule has 0 bridgehead atoms. The molecule has 4 nitrogen and oxygen atoms in total. The maximum Gasteiger partial charge on any atom is 0.139 e. The van der Waals surface area contributed by atoms with E-state index in [-0.39, 0.29) is 6.10 Å². The summed E-state index contributed by atoms with van der Waals surface area (Å²) in [4.78, 5) is 10.7. The number of aromatic nitrogens is 2. The summed E-state index contributed by atoms with van der Waals surface area (Å²) >= 11 is 6.62. The highest BCUT2D eigenvalue weighted by molar-refractivity contribution is 6.33. The molecule has 2 aliphatic rings. The molecular formula is C31H32ClN3O. The van der Waals surface area contributed by atoms with Crippen molar-refractivity contribution in [2.45, 2.75) is 57.2 Å². The molecule has 0 amide bonds. The molecule has 3 aromatic carbocycles. The van der Waals surface area contributed by atoms with Crippen molar-refractivity contribution in [1.29, 1.82) is 0 Å². The molecule has 1 aromatic heterocycles. The zero-order valence-electron chi connectivity index (χ0n) is 20.5. The average molecular weight is 498 g/mol. The van der Waals surface area contributed by atoms with Gasteiger partial charge in [0.15, 0.2) is 0 Å². The Kier molecular flexibility index (Phi) is 6.66. The van der Waals surface area contributed by atoms with Crippen molar-refractivity contribution in [2.24, 2.45) is 0 Å². The van der Waals surface area contributed by atoms with Gasteiger partial charge in [0.25, 0.3) is 0 Å². The van der Waals surface area contributed by atoms with E-state index in [1.54, 1.807) is 0 Å². The van der Waals surface area contributed by atoms with Gasteiger partial charge in [-0.15, -0.1) is 0 Å². The molecule has 0 unspecified atom stereocenters. The lowest BCUT2D eigenvalue weighted by Crippen LogP contribution is -2.42. The van der Waals surface area contributed by atoms with E-state index in [1.165, 1.54) is 22.3 Å². The quantitative estimate of drug-likeness (QED) is 0.324. The van der Waals surface area contributed by atoms with Crippen LogP contribution in [0, 0.1) is 0 Å². The first-order chi connectivity index (χ1) is 17.6. The van der Waals surface area contributed by atoms with Gasteiger partial charge in [-0.25, -0.2) is 4.98 Å². The van der Waals surface area contributed by atoms with Crippen LogP contribution in [0.4, 0.5) is 0 Å². The Balaban J connectivity index is 1.22. The number of halogens is 1. The van der Waals surface area contributed by atoms with Gasteiger partial charge in [-0.3, -0.25) is 4.90 Å². The third kappa shape index (κ3) is 4.86. The van der Waals surface area contributed by atoms with Gasteiger partial charge in [-0.05, 0) is 78.5 Å². The molecule has 5 heteroatoms. The van der Waals surface area contributed by atoms with Crippen LogP contribution < -0.4 is 0 Å². The third-order valence-electron chi connectivity index (χ3n) is 7.92. The van der Waals surface area contributed by atoms with Crippen LogP contribution in [0.15, 0.2) is 72.9 Å². The van der Waals surface area contributed by atoms with Crippen molar-refractivity contribution in [3.63, 3.8) is 0 Å². The zero-order chi connectivity index (χ0) is 24.5. The molecular weight excluding hydrogens is 466 g/mol. The maximum absolute atomic E-state index is 9.89. The second-order valence-electron chi connectivity index (χ2n) is 10.2. The van der Waals surface area contributed by atoms with Gasteiger partial charge < -0.3 is 10.1 Å². The monoisotopic (exact) mass is 497 g/mol. The molecule has 1 aliphatic heterocycles. The molecule has 4 aromatic rings. The molecule has 6 rings (SSSR count). The van der Waals surface area contributed by atoms with E-state index in [0.717, 1.165) is 74.3 Å². The lowest BCUT2D eigenvalue weighted by molar-refractivity contribution is 0.0677. The van der Waals surface area contributed by atoms with Crippen molar-refractivity contribution >= 4 is 11.6 Å². The molecule has 0 radical (unpaired) electrons. The number of hydrogen-bond donors (Lipinski definition) is 2. The smallest absolute Gasteiger partial charge is 0.139 e. The van der Waals surface area contributed by atoms with E-state index >= 15 is 0 Å². The van der Waals surface area contributed by atoms with Crippen LogP contribution in [0.25, 0.3) is 22.6 Å². The molecule has 184 valence electrons. The molecule has 1 fully saturated rings. The van der Waals surface area contributed by atoms with Gasteiger partial charge in [0.2, 0.25) is 0 Å². The number of hydrogen-bond acceptors (Lipinski definition) is 3. The fourth-order valence-corrected chi connectivity index (χ4v) is 6.12. The number of aliphatic hydroxyl groups excluding tert-OH is 1. The Morgan fingerprint density at radius 1 is 0.972 bits per heavy atom. The summed E-state index contributed by atoms with van der Waals surface area (Å²) in [6, 6.07) is 23.9. The predicted molar refractivity (Wildman–Crippen MR) is 146 cm³/mol. The number of benzene rings is 3. The molecule has 2 N–H and O–H groups in total. The molecule has 0 atom stereocenters. The number of rotatable bonds is 5. The van der Waals surface area contributed by atoms with E-state index in [4.69, 9.17) is 11.6 Å². The van der Waals surface area contributed by atoms with Crippen LogP contribution in [0.1, 0.15) is 47.9 Å². The molecule has 2 heterocycles. The minimum Gasteiger partial charge on any atom is -0.393 e. The summed E-state index contributed by atoms with van der Waals surface area (Å²) in [6.45, 7) is 2.12. The molecule has 0 saturated heterocycles. The minimum absolute atomic E-state index is 0.0969. The number of fused-ring (bicyclic) bond motifs is 1. The SMILES string of the molecule is OC1CCC(N2CCc3c(Cc4ccc(Cl)c(-c5ncc(-c6ccccc6)[nH]5)c4)cccc3C2)CC1. The van der Waals surface area contributed by atoms with Gasteiger partial charge in [-0.1, -0.05) is 66.2 Å². The highest BCUT2D eigenvalue weighted by Crippen LogP contribution is 2.32. The Hall–Kier alpha value is -2.92. The maximum atomic E-state index is 9.89.